The molecule has 1 amide bonds. The van der Waals surface area contributed by atoms with Crippen LogP contribution in [-0.2, 0) is 0 Å². The number of aromatic nitrogens is 1. The van der Waals surface area contributed by atoms with Gasteiger partial charge >= 0.3 is 0 Å². The molecule has 1 aromatic heterocycles. The summed E-state index contributed by atoms with van der Waals surface area (Å²) in [5.41, 5.74) is 0.436. The molecule has 6 heteroatoms. The summed E-state index contributed by atoms with van der Waals surface area (Å²) >= 11 is 0. The van der Waals surface area contributed by atoms with Gasteiger partial charge in [-0.15, -0.1) is 0 Å². The molecule has 106 valence electrons. The molecule has 1 aromatic carbocycles. The van der Waals surface area contributed by atoms with Crippen molar-refractivity contribution in [2.75, 3.05) is 17.2 Å². The van der Waals surface area contributed by atoms with Gasteiger partial charge in [0.15, 0.2) is 5.82 Å². The molecule has 5 nitrogen and oxygen atoms in total. The normalized spacial score (nSPS) is 10.3. The largest absolute Gasteiger partial charge is 0.382 e. The first kappa shape index (κ1) is 14.0. The van der Waals surface area contributed by atoms with Crippen LogP contribution in [0.15, 0.2) is 28.8 Å². The molecule has 0 spiro atoms. The number of aryl methyl sites for hydroxylation is 1. The van der Waals surface area contributed by atoms with E-state index in [1.807, 2.05) is 6.92 Å². The fraction of sp³-hybridized carbons (Fsp3) is 0.286. The molecule has 20 heavy (non-hydrogen) atoms. The van der Waals surface area contributed by atoms with Crippen molar-refractivity contribution in [2.45, 2.75) is 20.3 Å². The van der Waals surface area contributed by atoms with Crippen LogP contribution in [0.2, 0.25) is 0 Å². The van der Waals surface area contributed by atoms with Crippen molar-refractivity contribution >= 4 is 17.4 Å². The minimum absolute atomic E-state index is 0.201. The summed E-state index contributed by atoms with van der Waals surface area (Å²) in [6.07, 6.45) is 0.831. The highest BCUT2D eigenvalue weighted by molar-refractivity contribution is 6.07. The summed E-state index contributed by atoms with van der Waals surface area (Å²) in [7, 11) is 0. The fourth-order valence-corrected chi connectivity index (χ4v) is 1.75. The number of benzene rings is 1. The first-order valence-electron chi connectivity index (χ1n) is 6.39. The van der Waals surface area contributed by atoms with E-state index < -0.39 is 11.7 Å². The highest BCUT2D eigenvalue weighted by Crippen LogP contribution is 2.21. The molecule has 2 N–H and O–H groups in total. The maximum absolute atomic E-state index is 13.8. The predicted octanol–water partition coefficient (Wildman–Crippen LogP) is 3.20. The van der Waals surface area contributed by atoms with E-state index in [9.17, 15) is 9.18 Å². The zero-order valence-corrected chi connectivity index (χ0v) is 11.4. The second kappa shape index (κ2) is 6.18. The Labute approximate surface area is 116 Å². The quantitative estimate of drug-likeness (QED) is 0.880. The summed E-state index contributed by atoms with van der Waals surface area (Å²) in [6, 6.07) is 5.96. The van der Waals surface area contributed by atoms with Gasteiger partial charge in [0.05, 0.1) is 11.3 Å². The summed E-state index contributed by atoms with van der Waals surface area (Å²) < 4.78 is 18.7. The van der Waals surface area contributed by atoms with Crippen molar-refractivity contribution in [3.63, 3.8) is 0 Å². The summed E-state index contributed by atoms with van der Waals surface area (Å²) in [5, 5.41) is 9.17. The summed E-state index contributed by atoms with van der Waals surface area (Å²) in [6.45, 7) is 4.27. The van der Waals surface area contributed by atoms with Crippen molar-refractivity contribution in [3.05, 3.63) is 41.4 Å². The zero-order valence-electron chi connectivity index (χ0n) is 11.4. The smallest absolute Gasteiger partial charge is 0.259 e. The molecular weight excluding hydrogens is 261 g/mol. The van der Waals surface area contributed by atoms with Gasteiger partial charge in [-0.1, -0.05) is 18.1 Å². The molecular formula is C14H16FN3O2. The second-order valence-electron chi connectivity index (χ2n) is 4.37. The van der Waals surface area contributed by atoms with Crippen LogP contribution in [0.3, 0.4) is 0 Å². The molecule has 0 aliphatic heterocycles. The minimum atomic E-state index is -0.456. The van der Waals surface area contributed by atoms with Crippen LogP contribution in [0.25, 0.3) is 0 Å². The molecule has 1 heterocycles. The predicted molar refractivity (Wildman–Crippen MR) is 74.4 cm³/mol. The van der Waals surface area contributed by atoms with Gasteiger partial charge in [-0.3, -0.25) is 4.79 Å². The number of amides is 1. The van der Waals surface area contributed by atoms with Gasteiger partial charge in [0.1, 0.15) is 11.6 Å². The van der Waals surface area contributed by atoms with Crippen molar-refractivity contribution in [1.29, 1.82) is 0 Å². The monoisotopic (exact) mass is 277 g/mol. The molecule has 0 unspecified atom stereocenters. The number of halogens is 1. The van der Waals surface area contributed by atoms with Crippen molar-refractivity contribution in [2.24, 2.45) is 0 Å². The van der Waals surface area contributed by atoms with E-state index in [0.29, 0.717) is 18.1 Å². The summed E-state index contributed by atoms with van der Waals surface area (Å²) in [5.74, 6) is 0.000845. The van der Waals surface area contributed by atoms with Crippen LogP contribution < -0.4 is 10.6 Å². The number of anilines is 2. The van der Waals surface area contributed by atoms with Crippen LogP contribution >= 0.6 is 0 Å². The molecule has 0 aliphatic rings. The lowest BCUT2D eigenvalue weighted by Crippen LogP contribution is -2.16. The van der Waals surface area contributed by atoms with Crippen molar-refractivity contribution < 1.29 is 13.7 Å². The van der Waals surface area contributed by atoms with Crippen LogP contribution in [0.5, 0.6) is 0 Å². The van der Waals surface area contributed by atoms with E-state index in [0.717, 1.165) is 6.42 Å². The molecule has 0 aliphatic carbocycles. The molecule has 0 radical (unpaired) electrons. The van der Waals surface area contributed by atoms with Gasteiger partial charge in [-0.2, -0.15) is 0 Å². The third kappa shape index (κ3) is 3.14. The van der Waals surface area contributed by atoms with Crippen molar-refractivity contribution in [1.82, 2.24) is 5.16 Å². The maximum atomic E-state index is 13.8. The Morgan fingerprint density at radius 1 is 1.45 bits per heavy atom. The number of nitrogens with zero attached hydrogens (tertiary/aromatic N) is 1. The Balaban J connectivity index is 2.22. The Bertz CT molecular complexity index is 610. The lowest BCUT2D eigenvalue weighted by atomic mass is 10.1. The molecule has 0 atom stereocenters. The minimum Gasteiger partial charge on any atom is -0.382 e. The summed E-state index contributed by atoms with van der Waals surface area (Å²) in [4.78, 5) is 12.2. The first-order chi connectivity index (χ1) is 9.61. The first-order valence-corrected chi connectivity index (χ1v) is 6.39. The maximum Gasteiger partial charge on any atom is 0.259 e. The van der Waals surface area contributed by atoms with E-state index in [2.05, 4.69) is 15.8 Å². The van der Waals surface area contributed by atoms with Crippen molar-refractivity contribution in [3.8, 4) is 0 Å². The number of rotatable bonds is 5. The lowest BCUT2D eigenvalue weighted by Gasteiger charge is -2.11. The molecule has 2 rings (SSSR count). The van der Waals surface area contributed by atoms with E-state index in [-0.39, 0.29) is 11.3 Å². The van der Waals surface area contributed by atoms with E-state index >= 15 is 0 Å². The van der Waals surface area contributed by atoms with Gasteiger partial charge < -0.3 is 15.2 Å². The van der Waals surface area contributed by atoms with E-state index in [1.54, 1.807) is 19.1 Å². The number of hydrogen-bond acceptors (Lipinski definition) is 4. The Kier molecular flexibility index (Phi) is 4.34. The third-order valence-electron chi connectivity index (χ3n) is 2.68. The standard InChI is InChI=1S/C14H16FN3O2/c1-3-7-16-13-10(5-4-6-11(13)15)14(19)17-12-8-9(2)20-18-12/h4-6,8,16H,3,7H2,1-2H3,(H,17,18,19). The van der Waals surface area contributed by atoms with Crippen LogP contribution in [0.4, 0.5) is 15.9 Å². The Morgan fingerprint density at radius 3 is 2.90 bits per heavy atom. The van der Waals surface area contributed by atoms with E-state index in [1.165, 1.54) is 12.1 Å². The number of para-hydroxylation sites is 1. The molecule has 0 saturated carbocycles. The van der Waals surface area contributed by atoms with Crippen LogP contribution in [-0.4, -0.2) is 17.6 Å². The van der Waals surface area contributed by atoms with Crippen LogP contribution in [0, 0.1) is 12.7 Å². The average Bonchev–Trinajstić information content (AvgIpc) is 2.82. The average molecular weight is 277 g/mol. The van der Waals surface area contributed by atoms with Gasteiger partial charge in [0.25, 0.3) is 5.91 Å². The SMILES string of the molecule is CCCNc1c(F)cccc1C(=O)Nc1cc(C)on1. The fourth-order valence-electron chi connectivity index (χ4n) is 1.75. The highest BCUT2D eigenvalue weighted by atomic mass is 19.1. The van der Waals surface area contributed by atoms with Gasteiger partial charge in [-0.25, -0.2) is 4.39 Å². The molecule has 0 saturated heterocycles. The third-order valence-corrected chi connectivity index (χ3v) is 2.68. The second-order valence-corrected chi connectivity index (χ2v) is 4.37. The lowest BCUT2D eigenvalue weighted by molar-refractivity contribution is 0.102. The number of carbonyl (C=O) groups is 1. The van der Waals surface area contributed by atoms with Gasteiger partial charge in [-0.05, 0) is 25.5 Å². The molecule has 0 fully saturated rings. The Hall–Kier alpha value is -2.37. The molecule has 2 aromatic rings. The van der Waals surface area contributed by atoms with Gasteiger partial charge in [0, 0.05) is 12.6 Å². The van der Waals surface area contributed by atoms with Gasteiger partial charge in [0.2, 0.25) is 0 Å². The zero-order chi connectivity index (χ0) is 14.5. The van der Waals surface area contributed by atoms with Crippen LogP contribution in [0.1, 0.15) is 29.5 Å². The molecule has 0 bridgehead atoms. The topological polar surface area (TPSA) is 67.2 Å². The number of nitrogens with one attached hydrogen (secondary N) is 2. The number of hydrogen-bond donors (Lipinski definition) is 2. The number of carbonyl (C=O) groups excluding carboxylic acids is 1. The Morgan fingerprint density at radius 2 is 2.25 bits per heavy atom. The van der Waals surface area contributed by atoms with E-state index in [4.69, 9.17) is 4.52 Å². The highest BCUT2D eigenvalue weighted by Gasteiger charge is 2.16.